The van der Waals surface area contributed by atoms with Crippen LogP contribution < -0.4 is 14.8 Å². The van der Waals surface area contributed by atoms with Gasteiger partial charge in [-0.15, -0.1) is 0 Å². The van der Waals surface area contributed by atoms with E-state index in [1.807, 2.05) is 6.07 Å². The molecule has 0 radical (unpaired) electrons. The van der Waals surface area contributed by atoms with Crippen molar-refractivity contribution < 1.29 is 9.47 Å². The molecule has 1 aromatic carbocycles. The summed E-state index contributed by atoms with van der Waals surface area (Å²) in [5, 5.41) is 3.58. The number of hydrogen-bond acceptors (Lipinski definition) is 3. The SMILES string of the molecule is CC(CNC(C)(C)C)C(C)c1ccc2c(c1)OCCO2. The van der Waals surface area contributed by atoms with Crippen LogP contribution in [0.25, 0.3) is 0 Å². The third kappa shape index (κ3) is 3.89. The third-order valence-electron chi connectivity index (χ3n) is 3.90. The minimum absolute atomic E-state index is 0.167. The monoisotopic (exact) mass is 277 g/mol. The standard InChI is InChI=1S/C17H27NO2/c1-12(11-18-17(3,4)5)13(2)14-6-7-15-16(10-14)20-9-8-19-15/h6-7,10,12-13,18H,8-9,11H2,1-5H3. The van der Waals surface area contributed by atoms with E-state index in [1.165, 1.54) is 5.56 Å². The predicted molar refractivity (Wildman–Crippen MR) is 82.8 cm³/mol. The second kappa shape index (κ2) is 6.04. The number of ether oxygens (including phenoxy) is 2. The molecule has 20 heavy (non-hydrogen) atoms. The van der Waals surface area contributed by atoms with Gasteiger partial charge in [0.1, 0.15) is 13.2 Å². The molecule has 2 atom stereocenters. The van der Waals surface area contributed by atoms with Gasteiger partial charge in [0.25, 0.3) is 0 Å². The van der Waals surface area contributed by atoms with Gasteiger partial charge in [-0.25, -0.2) is 0 Å². The van der Waals surface area contributed by atoms with Crippen LogP contribution in [0.1, 0.15) is 46.1 Å². The summed E-state index contributed by atoms with van der Waals surface area (Å²) in [5.41, 5.74) is 1.48. The molecule has 0 fully saturated rings. The lowest BCUT2D eigenvalue weighted by atomic mass is 9.88. The molecule has 0 spiro atoms. The molecule has 112 valence electrons. The second-order valence-electron chi connectivity index (χ2n) is 6.80. The van der Waals surface area contributed by atoms with Crippen molar-refractivity contribution in [2.45, 2.75) is 46.1 Å². The van der Waals surface area contributed by atoms with Crippen LogP contribution in [0.15, 0.2) is 18.2 Å². The van der Waals surface area contributed by atoms with E-state index in [0.717, 1.165) is 18.0 Å². The highest BCUT2D eigenvalue weighted by Gasteiger charge is 2.20. The van der Waals surface area contributed by atoms with E-state index in [1.54, 1.807) is 0 Å². The summed E-state index contributed by atoms with van der Waals surface area (Å²) >= 11 is 0. The van der Waals surface area contributed by atoms with E-state index in [0.29, 0.717) is 25.0 Å². The lowest BCUT2D eigenvalue weighted by molar-refractivity contribution is 0.171. The molecule has 2 unspecified atom stereocenters. The molecule has 1 heterocycles. The van der Waals surface area contributed by atoms with Crippen molar-refractivity contribution in [3.63, 3.8) is 0 Å². The van der Waals surface area contributed by atoms with Crippen LogP contribution in [0, 0.1) is 5.92 Å². The second-order valence-corrected chi connectivity index (χ2v) is 6.80. The summed E-state index contributed by atoms with van der Waals surface area (Å²) in [4.78, 5) is 0. The first-order chi connectivity index (χ1) is 9.37. The number of benzene rings is 1. The van der Waals surface area contributed by atoms with Gasteiger partial charge in [0, 0.05) is 5.54 Å². The summed E-state index contributed by atoms with van der Waals surface area (Å²) in [7, 11) is 0. The Kier molecular flexibility index (Phi) is 4.59. The molecule has 0 aromatic heterocycles. The first-order valence-electron chi connectivity index (χ1n) is 7.51. The molecule has 1 aliphatic rings. The predicted octanol–water partition coefficient (Wildman–Crippen LogP) is 3.59. The Morgan fingerprint density at radius 3 is 2.40 bits per heavy atom. The van der Waals surface area contributed by atoms with E-state index < -0.39 is 0 Å². The molecule has 0 amide bonds. The molecule has 0 saturated heterocycles. The van der Waals surface area contributed by atoms with Gasteiger partial charge in [-0.1, -0.05) is 19.9 Å². The molecular formula is C17H27NO2. The zero-order valence-corrected chi connectivity index (χ0v) is 13.3. The molecule has 3 heteroatoms. The van der Waals surface area contributed by atoms with Crippen molar-refractivity contribution in [3.8, 4) is 11.5 Å². The number of fused-ring (bicyclic) bond motifs is 1. The van der Waals surface area contributed by atoms with Gasteiger partial charge in [-0.2, -0.15) is 0 Å². The highest BCUT2D eigenvalue weighted by atomic mass is 16.6. The number of nitrogens with one attached hydrogen (secondary N) is 1. The van der Waals surface area contributed by atoms with Crippen LogP contribution in [-0.4, -0.2) is 25.3 Å². The molecule has 3 nitrogen and oxygen atoms in total. The van der Waals surface area contributed by atoms with E-state index in [2.05, 4.69) is 52.1 Å². The van der Waals surface area contributed by atoms with Gasteiger partial charge in [-0.05, 0) is 56.8 Å². The van der Waals surface area contributed by atoms with Gasteiger partial charge in [0.15, 0.2) is 11.5 Å². The quantitative estimate of drug-likeness (QED) is 0.912. The Bertz CT molecular complexity index is 451. The van der Waals surface area contributed by atoms with Crippen molar-refractivity contribution in [1.82, 2.24) is 5.32 Å². The van der Waals surface area contributed by atoms with Crippen LogP contribution in [0.5, 0.6) is 11.5 Å². The Hall–Kier alpha value is -1.22. The van der Waals surface area contributed by atoms with Gasteiger partial charge >= 0.3 is 0 Å². The Labute approximate surface area is 122 Å². The summed E-state index contributed by atoms with van der Waals surface area (Å²) in [6.07, 6.45) is 0. The minimum Gasteiger partial charge on any atom is -0.486 e. The van der Waals surface area contributed by atoms with Crippen molar-refractivity contribution >= 4 is 0 Å². The van der Waals surface area contributed by atoms with Crippen LogP contribution in [0.4, 0.5) is 0 Å². The Morgan fingerprint density at radius 1 is 1.10 bits per heavy atom. The molecule has 1 aromatic rings. The molecule has 2 rings (SSSR count). The average Bonchev–Trinajstić information content (AvgIpc) is 2.42. The normalized spacial score (nSPS) is 17.6. The fraction of sp³-hybridized carbons (Fsp3) is 0.647. The maximum absolute atomic E-state index is 5.67. The first-order valence-corrected chi connectivity index (χ1v) is 7.51. The zero-order chi connectivity index (χ0) is 14.8. The summed E-state index contributed by atoms with van der Waals surface area (Å²) in [6.45, 7) is 13.5. The zero-order valence-electron chi connectivity index (χ0n) is 13.3. The van der Waals surface area contributed by atoms with Crippen molar-refractivity contribution in [1.29, 1.82) is 0 Å². The summed E-state index contributed by atoms with van der Waals surface area (Å²) in [6, 6.07) is 6.32. The van der Waals surface area contributed by atoms with Gasteiger partial charge in [0.2, 0.25) is 0 Å². The van der Waals surface area contributed by atoms with Gasteiger partial charge in [0.05, 0.1) is 0 Å². The smallest absolute Gasteiger partial charge is 0.161 e. The topological polar surface area (TPSA) is 30.5 Å². The molecule has 1 aliphatic heterocycles. The molecule has 0 bridgehead atoms. The summed E-state index contributed by atoms with van der Waals surface area (Å²) < 4.78 is 11.2. The maximum atomic E-state index is 5.67. The first kappa shape index (κ1) is 15.2. The number of rotatable bonds is 4. The highest BCUT2D eigenvalue weighted by Crippen LogP contribution is 2.35. The average molecular weight is 277 g/mol. The maximum Gasteiger partial charge on any atom is 0.161 e. The Balaban J connectivity index is 2.03. The van der Waals surface area contributed by atoms with Gasteiger partial charge < -0.3 is 14.8 Å². The lowest BCUT2D eigenvalue weighted by Crippen LogP contribution is -2.39. The van der Waals surface area contributed by atoms with Crippen LogP contribution in [0.2, 0.25) is 0 Å². The van der Waals surface area contributed by atoms with E-state index in [-0.39, 0.29) is 5.54 Å². The molecule has 0 aliphatic carbocycles. The molecule has 0 saturated carbocycles. The van der Waals surface area contributed by atoms with E-state index in [4.69, 9.17) is 9.47 Å². The highest BCUT2D eigenvalue weighted by molar-refractivity contribution is 5.44. The third-order valence-corrected chi connectivity index (χ3v) is 3.90. The number of hydrogen-bond donors (Lipinski definition) is 1. The van der Waals surface area contributed by atoms with Crippen LogP contribution in [0.3, 0.4) is 0 Å². The molecular weight excluding hydrogens is 250 g/mol. The largest absolute Gasteiger partial charge is 0.486 e. The van der Waals surface area contributed by atoms with E-state index in [9.17, 15) is 0 Å². The van der Waals surface area contributed by atoms with E-state index >= 15 is 0 Å². The summed E-state index contributed by atoms with van der Waals surface area (Å²) in [5.74, 6) is 2.81. The minimum atomic E-state index is 0.167. The lowest BCUT2D eigenvalue weighted by Gasteiger charge is -2.27. The van der Waals surface area contributed by atoms with Crippen molar-refractivity contribution in [2.75, 3.05) is 19.8 Å². The fourth-order valence-electron chi connectivity index (χ4n) is 2.32. The van der Waals surface area contributed by atoms with Gasteiger partial charge in [-0.3, -0.25) is 0 Å². The fourth-order valence-corrected chi connectivity index (χ4v) is 2.32. The molecule has 1 N–H and O–H groups in total. The van der Waals surface area contributed by atoms with Crippen LogP contribution >= 0.6 is 0 Å². The van der Waals surface area contributed by atoms with Crippen molar-refractivity contribution in [3.05, 3.63) is 23.8 Å². The Morgan fingerprint density at radius 2 is 1.75 bits per heavy atom. The van der Waals surface area contributed by atoms with Crippen LogP contribution in [-0.2, 0) is 0 Å². The van der Waals surface area contributed by atoms with Crippen molar-refractivity contribution in [2.24, 2.45) is 5.92 Å².